The lowest BCUT2D eigenvalue weighted by atomic mass is 9.71. The molecule has 1 aliphatic rings. The summed E-state index contributed by atoms with van der Waals surface area (Å²) < 4.78 is 40.0. The molecule has 0 saturated carbocycles. The molecule has 0 bridgehead atoms. The van der Waals surface area contributed by atoms with E-state index in [0.717, 1.165) is 5.01 Å². The number of hydrazone groups is 1. The number of likely N-dealkylation sites (N-methyl/N-ethyl adjacent to an activating group) is 1. The molecule has 0 aromatic heterocycles. The van der Waals surface area contributed by atoms with Crippen LogP contribution in [-0.2, 0) is 10.2 Å². The summed E-state index contributed by atoms with van der Waals surface area (Å²) in [6.07, 6.45) is -5.31. The molecule has 0 radical (unpaired) electrons. The second-order valence-electron chi connectivity index (χ2n) is 5.36. The summed E-state index contributed by atoms with van der Waals surface area (Å²) in [4.78, 5) is 10.9. The molecular weight excluding hydrogens is 301 g/mol. The van der Waals surface area contributed by atoms with E-state index in [2.05, 4.69) is 5.10 Å². The average Bonchev–Trinajstić information content (AvgIpc) is 2.64. The molecule has 0 aliphatic carbocycles. The third-order valence-corrected chi connectivity index (χ3v) is 3.96. The molecule has 1 aromatic carbocycles. The van der Waals surface area contributed by atoms with Gasteiger partial charge in [0.25, 0.3) is 0 Å². The Morgan fingerprint density at radius 2 is 1.95 bits per heavy atom. The number of benzene rings is 1. The Kier molecular flexibility index (Phi) is 3.80. The topological polar surface area (TPSA) is 76.0 Å². The van der Waals surface area contributed by atoms with Crippen molar-refractivity contribution in [3.8, 4) is 5.75 Å². The molecule has 8 heteroatoms. The van der Waals surface area contributed by atoms with Gasteiger partial charge < -0.3 is 15.0 Å². The molecule has 0 spiro atoms. The number of carbonyl (C=O) groups excluding carboxylic acids is 1. The van der Waals surface area contributed by atoms with Gasteiger partial charge in [-0.3, -0.25) is 5.01 Å². The Labute approximate surface area is 124 Å². The number of carbonyl (C=O) groups is 1. The number of hydrogen-bond acceptors (Lipinski definition) is 5. The van der Waals surface area contributed by atoms with Crippen molar-refractivity contribution in [2.24, 2.45) is 5.10 Å². The van der Waals surface area contributed by atoms with Crippen LogP contribution in [-0.4, -0.2) is 41.1 Å². The van der Waals surface area contributed by atoms with E-state index in [0.29, 0.717) is 0 Å². The molecule has 2 rings (SSSR count). The molecule has 1 heterocycles. The number of aromatic hydroxyl groups is 1. The Hall–Kier alpha value is -2.25. The van der Waals surface area contributed by atoms with Crippen LogP contribution in [0.3, 0.4) is 0 Å². The number of carboxylic acid groups (broad SMARTS) is 1. The standard InChI is InChI=1S/C14H15F3N2O3/c1-13(8-3-5-9(20)6-4-8)10(7-11(21)22)19(2)18-12(13)14(15,16)17/h3-6,10,20H,7H2,1-2H3,(H,21,22)/p-1/t10-,13-/m0/s1. The van der Waals surface area contributed by atoms with Crippen molar-refractivity contribution < 1.29 is 28.2 Å². The van der Waals surface area contributed by atoms with Crippen LogP contribution in [0.4, 0.5) is 13.2 Å². The van der Waals surface area contributed by atoms with E-state index in [1.165, 1.54) is 38.2 Å². The summed E-state index contributed by atoms with van der Waals surface area (Å²) in [6.45, 7) is 1.29. The van der Waals surface area contributed by atoms with Crippen LogP contribution in [0.25, 0.3) is 0 Å². The fourth-order valence-corrected chi connectivity index (χ4v) is 2.84. The number of phenolic OH excluding ortho intramolecular Hbond substituents is 1. The highest BCUT2D eigenvalue weighted by Crippen LogP contribution is 2.44. The lowest BCUT2D eigenvalue weighted by molar-refractivity contribution is -0.307. The van der Waals surface area contributed by atoms with Gasteiger partial charge in [0.05, 0.1) is 11.5 Å². The van der Waals surface area contributed by atoms with Crippen molar-refractivity contribution in [3.63, 3.8) is 0 Å². The van der Waals surface area contributed by atoms with Crippen LogP contribution in [0.15, 0.2) is 29.4 Å². The van der Waals surface area contributed by atoms with Crippen LogP contribution in [0.2, 0.25) is 0 Å². The minimum absolute atomic E-state index is 0.0966. The Balaban J connectivity index is 2.58. The molecule has 1 aromatic rings. The Morgan fingerprint density at radius 3 is 2.41 bits per heavy atom. The predicted molar refractivity (Wildman–Crippen MR) is 70.1 cm³/mol. The molecule has 22 heavy (non-hydrogen) atoms. The lowest BCUT2D eigenvalue weighted by Crippen LogP contribution is -2.50. The predicted octanol–water partition coefficient (Wildman–Crippen LogP) is 1.02. The molecule has 0 unspecified atom stereocenters. The van der Waals surface area contributed by atoms with Crippen molar-refractivity contribution >= 4 is 11.7 Å². The zero-order valence-corrected chi connectivity index (χ0v) is 11.9. The minimum atomic E-state index is -4.71. The maximum atomic E-state index is 13.3. The summed E-state index contributed by atoms with van der Waals surface area (Å²) in [5.74, 6) is -1.55. The number of nitrogens with zero attached hydrogens (tertiary/aromatic N) is 2. The largest absolute Gasteiger partial charge is 0.550 e. The first-order valence-electron chi connectivity index (χ1n) is 6.45. The van der Waals surface area contributed by atoms with Gasteiger partial charge in [-0.05, 0) is 24.6 Å². The third-order valence-electron chi connectivity index (χ3n) is 3.96. The zero-order chi connectivity index (χ0) is 16.7. The molecule has 0 saturated heterocycles. The van der Waals surface area contributed by atoms with Crippen LogP contribution in [0, 0.1) is 0 Å². The smallest absolute Gasteiger partial charge is 0.432 e. The molecular formula is C14H14F3N2O3-. The summed E-state index contributed by atoms with van der Waals surface area (Å²) in [5, 5.41) is 24.7. The summed E-state index contributed by atoms with van der Waals surface area (Å²) in [5.41, 5.74) is -2.53. The van der Waals surface area contributed by atoms with Crippen LogP contribution in [0.5, 0.6) is 5.75 Å². The first-order valence-corrected chi connectivity index (χ1v) is 6.45. The highest BCUT2D eigenvalue weighted by molar-refractivity contribution is 6.01. The normalized spacial score (nSPS) is 25.2. The van der Waals surface area contributed by atoms with Crippen molar-refractivity contribution in [2.75, 3.05) is 7.05 Å². The average molecular weight is 315 g/mol. The van der Waals surface area contributed by atoms with E-state index < -0.39 is 35.7 Å². The third kappa shape index (κ3) is 2.60. The number of aliphatic carboxylic acids is 1. The van der Waals surface area contributed by atoms with Crippen LogP contribution >= 0.6 is 0 Å². The van der Waals surface area contributed by atoms with Gasteiger partial charge in [-0.2, -0.15) is 18.3 Å². The van der Waals surface area contributed by atoms with Crippen molar-refractivity contribution in [2.45, 2.75) is 31.0 Å². The molecule has 2 atom stereocenters. The SMILES string of the molecule is CN1N=C(C(F)(F)F)[C@@](C)(c2ccc(O)cc2)[C@@H]1CC(=O)[O-]. The van der Waals surface area contributed by atoms with E-state index in [9.17, 15) is 28.2 Å². The second-order valence-corrected chi connectivity index (χ2v) is 5.36. The quantitative estimate of drug-likeness (QED) is 0.903. The second kappa shape index (κ2) is 5.19. The van der Waals surface area contributed by atoms with Gasteiger partial charge in [0.15, 0.2) is 5.71 Å². The van der Waals surface area contributed by atoms with Crippen molar-refractivity contribution in [3.05, 3.63) is 29.8 Å². The summed E-state index contributed by atoms with van der Waals surface area (Å²) >= 11 is 0. The maximum Gasteiger partial charge on any atom is 0.432 e. The van der Waals surface area contributed by atoms with Crippen molar-refractivity contribution in [1.29, 1.82) is 0 Å². The number of carboxylic acids is 1. The Bertz CT molecular complexity index is 613. The van der Waals surface area contributed by atoms with Gasteiger partial charge in [0.1, 0.15) is 5.75 Å². The van der Waals surface area contributed by atoms with Gasteiger partial charge in [-0.1, -0.05) is 12.1 Å². The molecule has 0 amide bonds. The summed E-state index contributed by atoms with van der Waals surface area (Å²) in [7, 11) is 1.30. The number of phenols is 1. The molecule has 0 fully saturated rings. The van der Waals surface area contributed by atoms with E-state index in [-0.39, 0.29) is 11.3 Å². The molecule has 1 N–H and O–H groups in total. The minimum Gasteiger partial charge on any atom is -0.550 e. The number of rotatable bonds is 3. The molecule has 120 valence electrons. The number of halogens is 3. The van der Waals surface area contributed by atoms with Gasteiger partial charge >= 0.3 is 6.18 Å². The highest BCUT2D eigenvalue weighted by atomic mass is 19.4. The fourth-order valence-electron chi connectivity index (χ4n) is 2.84. The van der Waals surface area contributed by atoms with Gasteiger partial charge in [0.2, 0.25) is 0 Å². The number of hydrogen-bond donors (Lipinski definition) is 1. The van der Waals surface area contributed by atoms with Crippen molar-refractivity contribution in [1.82, 2.24) is 5.01 Å². The lowest BCUT2D eigenvalue weighted by Gasteiger charge is -2.36. The fraction of sp³-hybridized carbons (Fsp3) is 0.429. The monoisotopic (exact) mass is 315 g/mol. The summed E-state index contributed by atoms with van der Waals surface area (Å²) in [6, 6.07) is 4.13. The number of alkyl halides is 3. The first-order chi connectivity index (χ1) is 10.1. The first kappa shape index (κ1) is 16.1. The van der Waals surface area contributed by atoms with Crippen LogP contribution < -0.4 is 5.11 Å². The van der Waals surface area contributed by atoms with E-state index >= 15 is 0 Å². The highest BCUT2D eigenvalue weighted by Gasteiger charge is 2.57. The molecule has 5 nitrogen and oxygen atoms in total. The zero-order valence-electron chi connectivity index (χ0n) is 11.9. The Morgan fingerprint density at radius 1 is 1.41 bits per heavy atom. The van der Waals surface area contributed by atoms with Gasteiger partial charge in [0, 0.05) is 19.4 Å². The van der Waals surface area contributed by atoms with Crippen LogP contribution in [0.1, 0.15) is 18.9 Å². The van der Waals surface area contributed by atoms with Gasteiger partial charge in [-0.25, -0.2) is 0 Å². The van der Waals surface area contributed by atoms with E-state index in [1.54, 1.807) is 0 Å². The maximum absolute atomic E-state index is 13.3. The molecule has 1 aliphatic heterocycles. The van der Waals surface area contributed by atoms with E-state index in [4.69, 9.17) is 0 Å². The van der Waals surface area contributed by atoms with Gasteiger partial charge in [-0.15, -0.1) is 0 Å². The van der Waals surface area contributed by atoms with E-state index in [1.807, 2.05) is 0 Å².